The maximum absolute atomic E-state index is 3.23. The third kappa shape index (κ3) is 16.3. The molecule has 0 heterocycles. The van der Waals surface area contributed by atoms with E-state index in [1.54, 1.807) is 0 Å². The van der Waals surface area contributed by atoms with Crippen molar-refractivity contribution in [3.8, 4) is 35.5 Å². The Morgan fingerprint density at radius 2 is 0.578 bits per heavy atom. The van der Waals surface area contributed by atoms with Gasteiger partial charge in [0.05, 0.1) is 0 Å². The molecule has 0 nitrogen and oxygen atoms in total. The Bertz CT molecular complexity index is 1510. The molecule has 0 fully saturated rings. The Kier molecular flexibility index (Phi) is 20.5. The summed E-state index contributed by atoms with van der Waals surface area (Å²) >= 11 is 0. The van der Waals surface area contributed by atoms with E-state index >= 15 is 0 Å². The zero-order valence-electron chi connectivity index (χ0n) is 24.4. The first kappa shape index (κ1) is 38.6. The SMILES string of the molecule is C(#Cc1ccc[cH-]1)c1cc(C#Cc2ccc[cH-]2)cc(C#Cc2ccc[cH-]2)c1.[Fe+2].[Fe+2].[Fe+2].c1cc[cH-]c1.c1cc[cH-]c1.c1cc[cH-]c1. The molecule has 0 bridgehead atoms. The molecular weight excluding hydrogens is 672 g/mol. The van der Waals surface area contributed by atoms with Crippen LogP contribution in [0.1, 0.15) is 33.4 Å². The van der Waals surface area contributed by atoms with Crippen molar-refractivity contribution in [2.75, 3.05) is 0 Å². The van der Waals surface area contributed by atoms with Gasteiger partial charge in [0, 0.05) is 16.7 Å². The van der Waals surface area contributed by atoms with E-state index in [0.29, 0.717) is 0 Å². The molecule has 0 aliphatic carbocycles. The molecule has 0 radical (unpaired) electrons. The van der Waals surface area contributed by atoms with Gasteiger partial charge in [-0.05, 0) is 18.2 Å². The van der Waals surface area contributed by atoms with Crippen LogP contribution in [-0.2, 0) is 51.2 Å². The molecule has 7 aromatic rings. The Labute approximate surface area is 300 Å². The van der Waals surface area contributed by atoms with Crippen molar-refractivity contribution < 1.29 is 51.2 Å². The minimum atomic E-state index is 0. The summed E-state index contributed by atoms with van der Waals surface area (Å²) in [5.41, 5.74) is 5.76. The standard InChI is InChI=1S/C27H15.3C5H5.3Fe/c1-2-8-22(7-1)13-16-25-19-26(17-14-23-9-3-4-10-23)21-27(20-25)18-15-24-11-5-6-12-24;3*1-2-4-5-3-1;;;/h1-12,19-21H;3*1-5H;;;/q-3;3*-1;3*+2. The molecule has 0 saturated heterocycles. The van der Waals surface area contributed by atoms with Crippen molar-refractivity contribution in [1.82, 2.24) is 0 Å². The number of hydrogen-bond donors (Lipinski definition) is 0. The zero-order chi connectivity index (χ0) is 28.9. The van der Waals surface area contributed by atoms with Crippen LogP contribution in [0.3, 0.4) is 0 Å². The van der Waals surface area contributed by atoms with Gasteiger partial charge in [0.25, 0.3) is 0 Å². The van der Waals surface area contributed by atoms with E-state index < -0.39 is 0 Å². The first-order chi connectivity index (χ1) is 20.8. The van der Waals surface area contributed by atoms with Crippen molar-refractivity contribution >= 4 is 0 Å². The fourth-order valence-electron chi connectivity index (χ4n) is 3.61. The van der Waals surface area contributed by atoms with Crippen LogP contribution in [0.2, 0.25) is 0 Å². The van der Waals surface area contributed by atoms with Gasteiger partial charge in [0.2, 0.25) is 0 Å². The van der Waals surface area contributed by atoms with E-state index in [1.165, 1.54) is 0 Å². The van der Waals surface area contributed by atoms with E-state index in [9.17, 15) is 0 Å². The van der Waals surface area contributed by atoms with Gasteiger partial charge in [-0.2, -0.15) is 127 Å². The van der Waals surface area contributed by atoms with Gasteiger partial charge in [0.15, 0.2) is 0 Å². The van der Waals surface area contributed by atoms with Crippen LogP contribution in [0.25, 0.3) is 0 Å². The molecular formula is C42H30Fe3. The third-order valence-corrected chi connectivity index (χ3v) is 5.64. The van der Waals surface area contributed by atoms with Gasteiger partial charge in [0.1, 0.15) is 0 Å². The minimum Gasteiger partial charge on any atom is -0.214 e. The minimum absolute atomic E-state index is 0. The quantitative estimate of drug-likeness (QED) is 0.0841. The first-order valence-electron chi connectivity index (χ1n) is 13.7. The number of rotatable bonds is 0. The largest absolute Gasteiger partial charge is 2.00 e. The normalized spacial score (nSPS) is 8.27. The van der Waals surface area contributed by atoms with Gasteiger partial charge in [-0.15, -0.1) is 52.7 Å². The van der Waals surface area contributed by atoms with E-state index in [2.05, 4.69) is 35.5 Å². The van der Waals surface area contributed by atoms with Crippen molar-refractivity contribution in [3.05, 3.63) is 215 Å². The molecule has 0 aliphatic rings. The average Bonchev–Trinajstić information content (AvgIpc) is 3.88. The molecule has 7 rings (SSSR count). The molecule has 0 unspecified atom stereocenters. The molecule has 0 amide bonds. The van der Waals surface area contributed by atoms with Gasteiger partial charge < -0.3 is 0 Å². The smallest absolute Gasteiger partial charge is 0.214 e. The van der Waals surface area contributed by atoms with E-state index in [1.807, 2.05) is 182 Å². The molecule has 7 aromatic carbocycles. The molecule has 0 atom stereocenters. The predicted octanol–water partition coefficient (Wildman–Crippen LogP) is 9.25. The zero-order valence-corrected chi connectivity index (χ0v) is 27.7. The summed E-state index contributed by atoms with van der Waals surface area (Å²) in [6, 6.07) is 60.0. The summed E-state index contributed by atoms with van der Waals surface area (Å²) in [7, 11) is 0. The van der Waals surface area contributed by atoms with Gasteiger partial charge >= 0.3 is 51.2 Å². The molecule has 45 heavy (non-hydrogen) atoms. The van der Waals surface area contributed by atoms with Crippen LogP contribution in [0.15, 0.2) is 182 Å². The molecule has 0 saturated carbocycles. The second-order valence-corrected chi connectivity index (χ2v) is 8.96. The average molecular weight is 702 g/mol. The van der Waals surface area contributed by atoms with Gasteiger partial charge in [-0.1, -0.05) is 0 Å². The second-order valence-electron chi connectivity index (χ2n) is 8.96. The van der Waals surface area contributed by atoms with Crippen molar-refractivity contribution in [2.24, 2.45) is 0 Å². The maximum Gasteiger partial charge on any atom is 2.00 e. The Hall–Kier alpha value is -4.44. The van der Waals surface area contributed by atoms with E-state index in [0.717, 1.165) is 33.4 Å². The van der Waals surface area contributed by atoms with Crippen LogP contribution < -0.4 is 0 Å². The van der Waals surface area contributed by atoms with Crippen molar-refractivity contribution in [3.63, 3.8) is 0 Å². The van der Waals surface area contributed by atoms with Gasteiger partial charge in [-0.3, -0.25) is 0 Å². The monoisotopic (exact) mass is 702 g/mol. The molecule has 0 aromatic heterocycles. The third-order valence-electron chi connectivity index (χ3n) is 5.64. The number of benzene rings is 1. The van der Waals surface area contributed by atoms with Crippen LogP contribution in [-0.4, -0.2) is 0 Å². The summed E-state index contributed by atoms with van der Waals surface area (Å²) in [6.45, 7) is 0. The Morgan fingerprint density at radius 1 is 0.311 bits per heavy atom. The molecule has 0 spiro atoms. The fourth-order valence-corrected chi connectivity index (χ4v) is 3.61. The van der Waals surface area contributed by atoms with Crippen LogP contribution in [0.5, 0.6) is 0 Å². The molecule has 3 heteroatoms. The number of hydrogen-bond acceptors (Lipinski definition) is 0. The summed E-state index contributed by atoms with van der Waals surface area (Å²) in [4.78, 5) is 0. The van der Waals surface area contributed by atoms with Crippen LogP contribution in [0, 0.1) is 35.5 Å². The first-order valence-corrected chi connectivity index (χ1v) is 13.7. The fraction of sp³-hybridized carbons (Fsp3) is 0. The molecule has 0 N–H and O–H groups in total. The molecule has 222 valence electrons. The van der Waals surface area contributed by atoms with E-state index in [4.69, 9.17) is 0 Å². The molecule has 0 aliphatic heterocycles. The second kappa shape index (κ2) is 23.9. The maximum atomic E-state index is 3.23. The van der Waals surface area contributed by atoms with Crippen molar-refractivity contribution in [2.45, 2.75) is 0 Å². The van der Waals surface area contributed by atoms with Crippen LogP contribution in [0.4, 0.5) is 0 Å². The summed E-state index contributed by atoms with van der Waals surface area (Å²) in [6.07, 6.45) is 0. The Balaban J connectivity index is 0.000000459. The van der Waals surface area contributed by atoms with E-state index in [-0.39, 0.29) is 51.2 Å². The summed E-state index contributed by atoms with van der Waals surface area (Å²) in [5.74, 6) is 19.3. The Morgan fingerprint density at radius 3 is 0.756 bits per heavy atom. The predicted molar refractivity (Wildman–Crippen MR) is 177 cm³/mol. The summed E-state index contributed by atoms with van der Waals surface area (Å²) in [5, 5.41) is 0. The van der Waals surface area contributed by atoms with Crippen LogP contribution >= 0.6 is 0 Å². The van der Waals surface area contributed by atoms with Gasteiger partial charge in [-0.25, -0.2) is 36.4 Å². The van der Waals surface area contributed by atoms with Crippen molar-refractivity contribution in [1.29, 1.82) is 0 Å². The topological polar surface area (TPSA) is 0 Å². The summed E-state index contributed by atoms with van der Waals surface area (Å²) < 4.78 is 0.